The zero-order valence-corrected chi connectivity index (χ0v) is 20.0. The van der Waals surface area contributed by atoms with Gasteiger partial charge in [0.05, 0.1) is 16.6 Å². The molecule has 0 bridgehead atoms. The Morgan fingerprint density at radius 1 is 1.19 bits per heavy atom. The molecule has 174 valence electrons. The van der Waals surface area contributed by atoms with Crippen molar-refractivity contribution in [2.45, 2.75) is 51.5 Å². The summed E-state index contributed by atoms with van der Waals surface area (Å²) in [6.07, 6.45) is 2.00. The minimum absolute atomic E-state index is 0.0398. The first-order valence-electron chi connectivity index (χ1n) is 11.0. The zero-order chi connectivity index (χ0) is 23.3. The Bertz CT molecular complexity index is 1060. The van der Waals surface area contributed by atoms with Crippen LogP contribution in [0, 0.1) is 13.8 Å². The molecule has 0 radical (unpaired) electrons. The monoisotopic (exact) mass is 460 g/mol. The molecule has 1 heterocycles. The lowest BCUT2D eigenvalue weighted by molar-refractivity contribution is 0.0673. The number of sulfonamides is 1. The molecule has 8 heteroatoms. The maximum Gasteiger partial charge on any atom is 0.259 e. The summed E-state index contributed by atoms with van der Waals surface area (Å²) in [6.45, 7) is 9.19. The highest BCUT2D eigenvalue weighted by atomic mass is 32.2. The van der Waals surface area contributed by atoms with Crippen molar-refractivity contribution in [3.63, 3.8) is 0 Å². The molecule has 1 fully saturated rings. The van der Waals surface area contributed by atoms with E-state index in [2.05, 4.69) is 5.32 Å². The number of hydrogen-bond donors (Lipinski definition) is 1. The number of nitrogens with one attached hydrogen (secondary N) is 1. The van der Waals surface area contributed by atoms with E-state index in [0.717, 1.165) is 30.6 Å². The lowest BCUT2D eigenvalue weighted by Gasteiger charge is -2.21. The standard InChI is InChI=1S/C24H32N2O5S/c1-5-26(6-2)32(28,29)20-14-17(3)18(4)22(15-20)25-24(27)21-11-7-8-12-23(21)31-16-19-10-9-13-30-19/h7-8,11-12,14-15,19H,5-6,9-10,13,16H2,1-4H3,(H,25,27). The Morgan fingerprint density at radius 3 is 2.56 bits per heavy atom. The second kappa shape index (κ2) is 10.5. The highest BCUT2D eigenvalue weighted by Gasteiger charge is 2.24. The molecule has 1 N–H and O–H groups in total. The fourth-order valence-corrected chi connectivity index (χ4v) is 5.32. The maximum atomic E-state index is 13.1. The van der Waals surface area contributed by atoms with Gasteiger partial charge < -0.3 is 14.8 Å². The lowest BCUT2D eigenvalue weighted by atomic mass is 10.1. The van der Waals surface area contributed by atoms with Crippen LogP contribution in [0.4, 0.5) is 5.69 Å². The van der Waals surface area contributed by atoms with Crippen molar-refractivity contribution in [3.8, 4) is 5.75 Å². The van der Waals surface area contributed by atoms with E-state index in [-0.39, 0.29) is 16.9 Å². The Morgan fingerprint density at radius 2 is 1.91 bits per heavy atom. The molecule has 2 aromatic rings. The van der Waals surface area contributed by atoms with Gasteiger partial charge in [-0.2, -0.15) is 4.31 Å². The SMILES string of the molecule is CCN(CC)S(=O)(=O)c1cc(C)c(C)c(NC(=O)c2ccccc2OCC2CCCO2)c1. The van der Waals surface area contributed by atoms with Gasteiger partial charge in [-0.05, 0) is 62.1 Å². The number of amides is 1. The summed E-state index contributed by atoms with van der Waals surface area (Å²) in [4.78, 5) is 13.3. The van der Waals surface area contributed by atoms with Gasteiger partial charge in [-0.1, -0.05) is 26.0 Å². The van der Waals surface area contributed by atoms with Crippen LogP contribution in [0.3, 0.4) is 0 Å². The first-order valence-corrected chi connectivity index (χ1v) is 12.5. The smallest absolute Gasteiger partial charge is 0.259 e. The number of aryl methyl sites for hydroxylation is 1. The molecule has 2 aromatic carbocycles. The van der Waals surface area contributed by atoms with Gasteiger partial charge in [0.2, 0.25) is 10.0 Å². The Hall–Kier alpha value is -2.42. The molecule has 1 unspecified atom stereocenters. The number of carbonyl (C=O) groups excluding carboxylic acids is 1. The molecule has 32 heavy (non-hydrogen) atoms. The van der Waals surface area contributed by atoms with E-state index in [9.17, 15) is 13.2 Å². The second-order valence-electron chi connectivity index (χ2n) is 7.90. The molecule has 0 aromatic heterocycles. The predicted octanol–water partition coefficient (Wildman–Crippen LogP) is 4.14. The van der Waals surface area contributed by atoms with Gasteiger partial charge in [-0.25, -0.2) is 8.42 Å². The fraction of sp³-hybridized carbons (Fsp3) is 0.458. The minimum Gasteiger partial charge on any atom is -0.490 e. The van der Waals surface area contributed by atoms with Crippen molar-refractivity contribution in [2.75, 3.05) is 31.6 Å². The number of anilines is 1. The molecule has 7 nitrogen and oxygen atoms in total. The largest absolute Gasteiger partial charge is 0.490 e. The van der Waals surface area contributed by atoms with E-state index < -0.39 is 10.0 Å². The summed E-state index contributed by atoms with van der Waals surface area (Å²) in [6, 6.07) is 10.2. The predicted molar refractivity (Wildman–Crippen MR) is 125 cm³/mol. The van der Waals surface area contributed by atoms with Crippen molar-refractivity contribution in [2.24, 2.45) is 0 Å². The highest BCUT2D eigenvalue weighted by molar-refractivity contribution is 7.89. The number of ether oxygens (including phenoxy) is 2. The fourth-order valence-electron chi connectivity index (χ4n) is 3.75. The lowest BCUT2D eigenvalue weighted by Crippen LogP contribution is -2.30. The van der Waals surface area contributed by atoms with Gasteiger partial charge in [0, 0.05) is 25.4 Å². The van der Waals surface area contributed by atoms with Crippen LogP contribution in [0.25, 0.3) is 0 Å². The van der Waals surface area contributed by atoms with Gasteiger partial charge >= 0.3 is 0 Å². The number of benzene rings is 2. The maximum absolute atomic E-state index is 13.1. The second-order valence-corrected chi connectivity index (χ2v) is 9.84. The van der Waals surface area contributed by atoms with Gasteiger partial charge in [0.15, 0.2) is 0 Å². The molecule has 0 saturated carbocycles. The average molecular weight is 461 g/mol. The van der Waals surface area contributed by atoms with Crippen LogP contribution >= 0.6 is 0 Å². The number of para-hydroxylation sites is 1. The van der Waals surface area contributed by atoms with E-state index in [1.54, 1.807) is 38.1 Å². The number of carbonyl (C=O) groups is 1. The summed E-state index contributed by atoms with van der Waals surface area (Å²) in [5, 5.41) is 2.89. The third-order valence-electron chi connectivity index (χ3n) is 5.81. The van der Waals surface area contributed by atoms with Crippen LogP contribution in [0.5, 0.6) is 5.75 Å². The molecule has 1 aliphatic rings. The third kappa shape index (κ3) is 5.31. The van der Waals surface area contributed by atoms with Crippen LogP contribution in [0.2, 0.25) is 0 Å². The van der Waals surface area contributed by atoms with Crippen LogP contribution in [0.15, 0.2) is 41.3 Å². The summed E-state index contributed by atoms with van der Waals surface area (Å²) in [7, 11) is -3.65. The summed E-state index contributed by atoms with van der Waals surface area (Å²) >= 11 is 0. The molecule has 0 spiro atoms. The molecule has 3 rings (SSSR count). The molecule has 1 aliphatic heterocycles. The van der Waals surface area contributed by atoms with Crippen molar-refractivity contribution < 1.29 is 22.7 Å². The Balaban J connectivity index is 1.86. The molecule has 1 saturated heterocycles. The van der Waals surface area contributed by atoms with Crippen molar-refractivity contribution in [1.29, 1.82) is 0 Å². The van der Waals surface area contributed by atoms with E-state index in [1.165, 1.54) is 10.4 Å². The Kier molecular flexibility index (Phi) is 7.92. The first-order chi connectivity index (χ1) is 15.3. The molecular formula is C24H32N2O5S. The summed E-state index contributed by atoms with van der Waals surface area (Å²) in [5.41, 5.74) is 2.46. The average Bonchev–Trinajstić information content (AvgIpc) is 3.29. The normalized spacial score (nSPS) is 16.3. The van der Waals surface area contributed by atoms with Crippen molar-refractivity contribution >= 4 is 21.6 Å². The van der Waals surface area contributed by atoms with Gasteiger partial charge in [-0.15, -0.1) is 0 Å². The van der Waals surface area contributed by atoms with Crippen molar-refractivity contribution in [1.82, 2.24) is 4.31 Å². The van der Waals surface area contributed by atoms with Gasteiger partial charge in [-0.3, -0.25) is 4.79 Å². The van der Waals surface area contributed by atoms with E-state index in [0.29, 0.717) is 36.7 Å². The quantitative estimate of drug-likeness (QED) is 0.608. The highest BCUT2D eigenvalue weighted by Crippen LogP contribution is 2.28. The Labute approximate surface area is 190 Å². The molecule has 1 atom stereocenters. The van der Waals surface area contributed by atoms with Crippen molar-refractivity contribution in [3.05, 3.63) is 53.1 Å². The van der Waals surface area contributed by atoms with Crippen LogP contribution < -0.4 is 10.1 Å². The van der Waals surface area contributed by atoms with Crippen LogP contribution in [0.1, 0.15) is 48.2 Å². The topological polar surface area (TPSA) is 84.9 Å². The van der Waals surface area contributed by atoms with Gasteiger partial charge in [0.1, 0.15) is 12.4 Å². The zero-order valence-electron chi connectivity index (χ0n) is 19.2. The first kappa shape index (κ1) is 24.2. The van der Waals surface area contributed by atoms with E-state index in [1.807, 2.05) is 19.9 Å². The van der Waals surface area contributed by atoms with E-state index in [4.69, 9.17) is 9.47 Å². The molecule has 1 amide bonds. The number of rotatable bonds is 9. The minimum atomic E-state index is -3.65. The third-order valence-corrected chi connectivity index (χ3v) is 7.84. The number of hydrogen-bond acceptors (Lipinski definition) is 5. The van der Waals surface area contributed by atoms with E-state index >= 15 is 0 Å². The molecule has 0 aliphatic carbocycles. The van der Waals surface area contributed by atoms with Crippen LogP contribution in [-0.2, 0) is 14.8 Å². The number of nitrogens with zero attached hydrogens (tertiary/aromatic N) is 1. The summed E-state index contributed by atoms with van der Waals surface area (Å²) in [5.74, 6) is 0.120. The van der Waals surface area contributed by atoms with Crippen LogP contribution in [-0.4, -0.2) is 51.0 Å². The molecular weight excluding hydrogens is 428 g/mol. The summed E-state index contributed by atoms with van der Waals surface area (Å²) < 4.78 is 38.9. The van der Waals surface area contributed by atoms with Gasteiger partial charge in [0.25, 0.3) is 5.91 Å².